The van der Waals surface area contributed by atoms with Gasteiger partial charge in [-0.1, -0.05) is 12.1 Å². The van der Waals surface area contributed by atoms with Gasteiger partial charge in [-0.25, -0.2) is 4.79 Å². The predicted molar refractivity (Wildman–Crippen MR) is 80.0 cm³/mol. The van der Waals surface area contributed by atoms with Crippen LogP contribution >= 0.6 is 0 Å². The van der Waals surface area contributed by atoms with E-state index in [9.17, 15) is 14.7 Å². The maximum atomic E-state index is 12.3. The van der Waals surface area contributed by atoms with E-state index in [1.54, 1.807) is 36.4 Å². The zero-order valence-corrected chi connectivity index (χ0v) is 11.9. The number of para-hydroxylation sites is 1. The molecule has 1 atom stereocenters. The highest BCUT2D eigenvalue weighted by molar-refractivity contribution is 5.85. The quantitative estimate of drug-likeness (QED) is 0.748. The molecule has 1 unspecified atom stereocenters. The van der Waals surface area contributed by atoms with Gasteiger partial charge in [-0.15, -0.1) is 0 Å². The third-order valence-corrected chi connectivity index (χ3v) is 3.55. The van der Waals surface area contributed by atoms with E-state index in [1.807, 2.05) is 0 Å². The van der Waals surface area contributed by atoms with Gasteiger partial charge in [-0.2, -0.15) is 0 Å². The van der Waals surface area contributed by atoms with Crippen molar-refractivity contribution in [3.8, 4) is 5.75 Å². The summed E-state index contributed by atoms with van der Waals surface area (Å²) in [4.78, 5) is 23.8. The number of hydrogen-bond donors (Lipinski definition) is 1. The van der Waals surface area contributed by atoms with E-state index in [2.05, 4.69) is 0 Å². The van der Waals surface area contributed by atoms with E-state index in [1.165, 1.54) is 13.2 Å². The highest BCUT2D eigenvalue weighted by Crippen LogP contribution is 2.36. The predicted octanol–water partition coefficient (Wildman–Crippen LogP) is 3.20. The van der Waals surface area contributed by atoms with Crippen LogP contribution in [0.3, 0.4) is 0 Å². The molecule has 0 saturated heterocycles. The normalized spacial score (nSPS) is 12.4. The van der Waals surface area contributed by atoms with Crippen molar-refractivity contribution in [1.29, 1.82) is 0 Å². The minimum Gasteiger partial charge on any atom is -0.507 e. The molecule has 1 aromatic carbocycles. The molecule has 1 N–H and O–H groups in total. The SMILES string of the molecule is CC(=O)CC(c1ccco1)c1c(O)c2ccccc2oc1=O. The first-order valence-corrected chi connectivity index (χ1v) is 6.85. The lowest BCUT2D eigenvalue weighted by atomic mass is 9.91. The van der Waals surface area contributed by atoms with E-state index in [-0.39, 0.29) is 23.5 Å². The Bertz CT molecular complexity index is 874. The van der Waals surface area contributed by atoms with E-state index in [4.69, 9.17) is 8.83 Å². The molecule has 3 rings (SSSR count). The Morgan fingerprint density at radius 3 is 2.68 bits per heavy atom. The molecule has 2 aromatic heterocycles. The van der Waals surface area contributed by atoms with Crippen molar-refractivity contribution in [1.82, 2.24) is 0 Å². The molecule has 0 saturated carbocycles. The van der Waals surface area contributed by atoms with Crippen LogP contribution in [0, 0.1) is 0 Å². The number of furan rings is 1. The van der Waals surface area contributed by atoms with Crippen LogP contribution in [0.5, 0.6) is 5.75 Å². The van der Waals surface area contributed by atoms with Gasteiger partial charge in [0.05, 0.1) is 23.1 Å². The molecule has 0 aliphatic heterocycles. The van der Waals surface area contributed by atoms with Gasteiger partial charge in [0.1, 0.15) is 22.9 Å². The topological polar surface area (TPSA) is 80.7 Å². The first-order chi connectivity index (χ1) is 10.6. The minimum atomic E-state index is -0.673. The summed E-state index contributed by atoms with van der Waals surface area (Å²) in [7, 11) is 0. The molecule has 0 aliphatic rings. The van der Waals surface area contributed by atoms with Crippen molar-refractivity contribution < 1.29 is 18.7 Å². The van der Waals surface area contributed by atoms with Crippen LogP contribution in [-0.4, -0.2) is 10.9 Å². The number of hydrogen-bond acceptors (Lipinski definition) is 5. The molecule has 112 valence electrons. The van der Waals surface area contributed by atoms with E-state index >= 15 is 0 Å². The number of aromatic hydroxyl groups is 1. The number of carbonyl (C=O) groups is 1. The molecular weight excluding hydrogens is 284 g/mol. The van der Waals surface area contributed by atoms with Crippen molar-refractivity contribution in [3.63, 3.8) is 0 Å². The average Bonchev–Trinajstić information content (AvgIpc) is 3.00. The smallest absolute Gasteiger partial charge is 0.343 e. The van der Waals surface area contributed by atoms with Gasteiger partial charge >= 0.3 is 5.63 Å². The molecule has 3 aromatic rings. The third kappa shape index (κ3) is 2.41. The van der Waals surface area contributed by atoms with Crippen LogP contribution in [0.25, 0.3) is 11.0 Å². The Balaban J connectivity index is 2.26. The molecule has 22 heavy (non-hydrogen) atoms. The van der Waals surface area contributed by atoms with E-state index < -0.39 is 11.5 Å². The van der Waals surface area contributed by atoms with Crippen LogP contribution in [-0.2, 0) is 4.79 Å². The Hall–Kier alpha value is -2.82. The van der Waals surface area contributed by atoms with Crippen LogP contribution in [0.4, 0.5) is 0 Å². The average molecular weight is 298 g/mol. The summed E-state index contributed by atoms with van der Waals surface area (Å²) < 4.78 is 10.6. The summed E-state index contributed by atoms with van der Waals surface area (Å²) >= 11 is 0. The molecule has 0 aliphatic carbocycles. The summed E-state index contributed by atoms with van der Waals surface area (Å²) in [6.07, 6.45) is 1.51. The lowest BCUT2D eigenvalue weighted by molar-refractivity contribution is -0.117. The molecule has 5 nitrogen and oxygen atoms in total. The number of rotatable bonds is 4. The Morgan fingerprint density at radius 2 is 2.00 bits per heavy atom. The standard InChI is InChI=1S/C17H14O5/c1-10(18)9-12(13-7-4-8-21-13)15-16(19)11-5-2-3-6-14(11)22-17(15)20/h2-8,12,19H,9H2,1H3. The first kappa shape index (κ1) is 14.1. The fourth-order valence-corrected chi connectivity index (χ4v) is 2.58. The van der Waals surface area contributed by atoms with Crippen molar-refractivity contribution >= 4 is 16.8 Å². The second kappa shape index (κ2) is 5.52. The number of fused-ring (bicyclic) bond motifs is 1. The zero-order valence-electron chi connectivity index (χ0n) is 11.9. The number of benzene rings is 1. The lowest BCUT2D eigenvalue weighted by Crippen LogP contribution is -2.16. The summed E-state index contributed by atoms with van der Waals surface area (Å²) in [5.74, 6) is -0.524. The van der Waals surface area contributed by atoms with Crippen molar-refractivity contribution in [2.24, 2.45) is 0 Å². The molecule has 0 bridgehead atoms. The van der Waals surface area contributed by atoms with Crippen molar-refractivity contribution in [3.05, 3.63) is 64.4 Å². The third-order valence-electron chi connectivity index (χ3n) is 3.55. The second-order valence-electron chi connectivity index (χ2n) is 5.12. The fourth-order valence-electron chi connectivity index (χ4n) is 2.58. The van der Waals surface area contributed by atoms with E-state index in [0.29, 0.717) is 16.7 Å². The van der Waals surface area contributed by atoms with Gasteiger partial charge < -0.3 is 13.9 Å². The minimum absolute atomic E-state index is 0.0452. The lowest BCUT2D eigenvalue weighted by Gasteiger charge is -2.14. The zero-order chi connectivity index (χ0) is 15.7. The van der Waals surface area contributed by atoms with Crippen LogP contribution in [0.2, 0.25) is 0 Å². The second-order valence-corrected chi connectivity index (χ2v) is 5.12. The number of carbonyl (C=O) groups excluding carboxylic acids is 1. The maximum Gasteiger partial charge on any atom is 0.343 e. The summed E-state index contributed by atoms with van der Waals surface area (Å²) in [6.45, 7) is 1.43. The Labute approximate surface area is 125 Å². The van der Waals surface area contributed by atoms with Gasteiger partial charge in [-0.05, 0) is 31.2 Å². The first-order valence-electron chi connectivity index (χ1n) is 6.85. The Kier molecular flexibility index (Phi) is 3.55. The fraction of sp³-hybridized carbons (Fsp3) is 0.176. The molecule has 0 spiro atoms. The van der Waals surface area contributed by atoms with Crippen LogP contribution in [0.15, 0.2) is 56.3 Å². The van der Waals surface area contributed by atoms with Crippen LogP contribution < -0.4 is 5.63 Å². The summed E-state index contributed by atoms with van der Waals surface area (Å²) in [5.41, 5.74) is -0.322. The van der Waals surface area contributed by atoms with Crippen molar-refractivity contribution in [2.75, 3.05) is 0 Å². The van der Waals surface area contributed by atoms with Gasteiger partial charge in [-0.3, -0.25) is 4.79 Å². The van der Waals surface area contributed by atoms with Crippen LogP contribution in [0.1, 0.15) is 30.6 Å². The molecule has 0 amide bonds. The maximum absolute atomic E-state index is 12.3. The molecule has 0 fully saturated rings. The molecular formula is C17H14O5. The van der Waals surface area contributed by atoms with Crippen molar-refractivity contribution in [2.45, 2.75) is 19.3 Å². The summed E-state index contributed by atoms with van der Waals surface area (Å²) in [5, 5.41) is 10.9. The van der Waals surface area contributed by atoms with Gasteiger partial charge in [0.15, 0.2) is 0 Å². The molecule has 2 heterocycles. The highest BCUT2D eigenvalue weighted by Gasteiger charge is 2.27. The van der Waals surface area contributed by atoms with Gasteiger partial charge in [0, 0.05) is 6.42 Å². The Morgan fingerprint density at radius 1 is 1.23 bits per heavy atom. The highest BCUT2D eigenvalue weighted by atomic mass is 16.4. The largest absolute Gasteiger partial charge is 0.507 e. The molecule has 0 radical (unpaired) electrons. The number of Topliss-reactive ketones (excluding diaryl/α,β-unsaturated/α-hetero) is 1. The summed E-state index contributed by atoms with van der Waals surface area (Å²) in [6, 6.07) is 10.0. The monoisotopic (exact) mass is 298 g/mol. The van der Waals surface area contributed by atoms with Gasteiger partial charge in [0.2, 0.25) is 0 Å². The van der Waals surface area contributed by atoms with Gasteiger partial charge in [0.25, 0.3) is 0 Å². The number of ketones is 1. The van der Waals surface area contributed by atoms with E-state index in [0.717, 1.165) is 0 Å². The molecule has 5 heteroatoms.